The third-order valence-corrected chi connectivity index (χ3v) is 5.19. The number of benzene rings is 2. The topological polar surface area (TPSA) is 37.8 Å². The average molecular weight is 383 g/mol. The van der Waals surface area contributed by atoms with Gasteiger partial charge in [-0.05, 0) is 60.6 Å². The highest BCUT2D eigenvalue weighted by atomic mass is 19.4. The van der Waals surface area contributed by atoms with Crippen LogP contribution < -0.4 is 5.32 Å². The Morgan fingerprint density at radius 2 is 1.75 bits per heavy atom. The molecule has 0 bridgehead atoms. The van der Waals surface area contributed by atoms with Crippen molar-refractivity contribution in [1.29, 1.82) is 0 Å². The molecule has 0 unspecified atom stereocenters. The second kappa shape index (κ2) is 7.26. The van der Waals surface area contributed by atoms with E-state index < -0.39 is 11.7 Å². The van der Waals surface area contributed by atoms with Crippen LogP contribution in [-0.2, 0) is 25.6 Å². The predicted molar refractivity (Wildman–Crippen MR) is 103 cm³/mol. The third kappa shape index (κ3) is 3.72. The molecule has 0 fully saturated rings. The van der Waals surface area contributed by atoms with Gasteiger partial charge in [-0.15, -0.1) is 0 Å². The van der Waals surface area contributed by atoms with Crippen LogP contribution in [0.4, 0.5) is 19.0 Å². The number of anilines is 1. The van der Waals surface area contributed by atoms with Crippen molar-refractivity contribution in [2.45, 2.75) is 38.9 Å². The third-order valence-electron chi connectivity index (χ3n) is 5.19. The maximum atomic E-state index is 13.6. The summed E-state index contributed by atoms with van der Waals surface area (Å²) in [5.74, 6) is 0.529. The van der Waals surface area contributed by atoms with Gasteiger partial charge >= 0.3 is 6.18 Å². The van der Waals surface area contributed by atoms with Crippen LogP contribution in [0.15, 0.2) is 48.8 Å². The van der Waals surface area contributed by atoms with Crippen LogP contribution in [0.25, 0.3) is 11.3 Å². The first-order valence-electron chi connectivity index (χ1n) is 9.25. The van der Waals surface area contributed by atoms with Gasteiger partial charge in [0, 0.05) is 12.1 Å². The Morgan fingerprint density at radius 1 is 1.00 bits per heavy atom. The lowest BCUT2D eigenvalue weighted by Crippen LogP contribution is -2.09. The van der Waals surface area contributed by atoms with Crippen LogP contribution in [0.3, 0.4) is 0 Å². The number of halogens is 3. The van der Waals surface area contributed by atoms with Crippen molar-refractivity contribution >= 4 is 5.82 Å². The summed E-state index contributed by atoms with van der Waals surface area (Å²) >= 11 is 0. The van der Waals surface area contributed by atoms with Crippen LogP contribution in [0.5, 0.6) is 0 Å². The van der Waals surface area contributed by atoms with Crippen molar-refractivity contribution in [3.8, 4) is 11.3 Å². The Hall–Kier alpha value is -2.89. The Kier molecular flexibility index (Phi) is 4.79. The van der Waals surface area contributed by atoms with Crippen LogP contribution >= 0.6 is 0 Å². The summed E-state index contributed by atoms with van der Waals surface area (Å²) in [6.07, 6.45) is 0.878. The molecule has 0 aliphatic heterocycles. The molecular weight excluding hydrogens is 363 g/mol. The zero-order chi connectivity index (χ0) is 19.7. The number of aromatic nitrogens is 2. The fourth-order valence-electron chi connectivity index (χ4n) is 3.62. The molecule has 1 heterocycles. The van der Waals surface area contributed by atoms with Gasteiger partial charge in [0.05, 0.1) is 23.7 Å². The minimum absolute atomic E-state index is 0.103. The van der Waals surface area contributed by atoms with Gasteiger partial charge in [0.25, 0.3) is 0 Å². The van der Waals surface area contributed by atoms with E-state index in [1.54, 1.807) is 6.07 Å². The Balaban J connectivity index is 1.60. The van der Waals surface area contributed by atoms with Crippen LogP contribution in [0, 0.1) is 6.92 Å². The SMILES string of the molecule is Cc1ccccc1CNc1cnc(-c2cc3c(cc2C(F)(F)F)CCC3)cn1. The van der Waals surface area contributed by atoms with Gasteiger partial charge in [-0.25, -0.2) is 4.98 Å². The van der Waals surface area contributed by atoms with E-state index in [4.69, 9.17) is 0 Å². The quantitative estimate of drug-likeness (QED) is 0.640. The molecule has 0 atom stereocenters. The summed E-state index contributed by atoms with van der Waals surface area (Å²) in [7, 11) is 0. The van der Waals surface area contributed by atoms with E-state index in [2.05, 4.69) is 15.3 Å². The lowest BCUT2D eigenvalue weighted by Gasteiger charge is -2.15. The normalized spacial score (nSPS) is 13.4. The zero-order valence-corrected chi connectivity index (χ0v) is 15.5. The first-order chi connectivity index (χ1) is 13.4. The summed E-state index contributed by atoms with van der Waals surface area (Å²) in [6, 6.07) is 10.9. The maximum absolute atomic E-state index is 13.6. The molecule has 28 heavy (non-hydrogen) atoms. The fourth-order valence-corrected chi connectivity index (χ4v) is 3.62. The highest BCUT2D eigenvalue weighted by Crippen LogP contribution is 2.40. The van der Waals surface area contributed by atoms with E-state index >= 15 is 0 Å². The smallest absolute Gasteiger partial charge is 0.365 e. The van der Waals surface area contributed by atoms with Gasteiger partial charge in [-0.3, -0.25) is 4.98 Å². The van der Waals surface area contributed by atoms with Crippen molar-refractivity contribution < 1.29 is 13.2 Å². The largest absolute Gasteiger partial charge is 0.417 e. The minimum Gasteiger partial charge on any atom is -0.365 e. The standard InChI is InChI=1S/C22H20F3N3/c1-14-5-2-3-6-17(14)11-27-21-13-26-20(12-28-21)18-9-15-7-4-8-16(15)10-19(18)22(23,24)25/h2-3,5-6,9-10,12-13H,4,7-8,11H2,1H3,(H,27,28). The van der Waals surface area contributed by atoms with Crippen LogP contribution in [-0.4, -0.2) is 9.97 Å². The number of hydrogen-bond acceptors (Lipinski definition) is 3. The molecule has 0 spiro atoms. The molecule has 144 valence electrons. The van der Waals surface area contributed by atoms with E-state index in [1.165, 1.54) is 18.5 Å². The molecule has 0 saturated carbocycles. The Bertz CT molecular complexity index is 995. The summed E-state index contributed by atoms with van der Waals surface area (Å²) in [5.41, 5.74) is 3.77. The minimum atomic E-state index is -4.42. The number of rotatable bonds is 4. The number of nitrogens with zero attached hydrogens (tertiary/aromatic N) is 2. The molecule has 3 nitrogen and oxygen atoms in total. The highest BCUT2D eigenvalue weighted by Gasteiger charge is 2.35. The molecule has 1 aliphatic carbocycles. The van der Waals surface area contributed by atoms with Crippen molar-refractivity contribution in [3.05, 3.63) is 76.6 Å². The summed E-state index contributed by atoms with van der Waals surface area (Å²) in [5, 5.41) is 3.17. The Morgan fingerprint density at radius 3 is 2.43 bits per heavy atom. The fraction of sp³-hybridized carbons (Fsp3) is 0.273. The van der Waals surface area contributed by atoms with E-state index in [0.29, 0.717) is 18.8 Å². The number of nitrogens with one attached hydrogen (secondary N) is 1. The molecule has 0 saturated heterocycles. The van der Waals surface area contributed by atoms with Crippen LogP contribution in [0.2, 0.25) is 0 Å². The second-order valence-corrected chi connectivity index (χ2v) is 7.08. The van der Waals surface area contributed by atoms with Gasteiger partial charge in [-0.2, -0.15) is 13.2 Å². The van der Waals surface area contributed by atoms with Gasteiger partial charge in [0.15, 0.2) is 0 Å². The average Bonchev–Trinajstić information content (AvgIpc) is 3.14. The van der Waals surface area contributed by atoms with Crippen molar-refractivity contribution in [1.82, 2.24) is 9.97 Å². The molecule has 3 aromatic rings. The highest BCUT2D eigenvalue weighted by molar-refractivity contribution is 5.67. The number of aryl methyl sites for hydroxylation is 3. The molecule has 0 radical (unpaired) electrons. The van der Waals surface area contributed by atoms with Gasteiger partial charge in [-0.1, -0.05) is 24.3 Å². The molecule has 6 heteroatoms. The van der Waals surface area contributed by atoms with E-state index in [0.717, 1.165) is 35.1 Å². The molecular formula is C22H20F3N3. The molecule has 1 aliphatic rings. The first kappa shape index (κ1) is 18.5. The number of hydrogen-bond donors (Lipinski definition) is 1. The zero-order valence-electron chi connectivity index (χ0n) is 15.5. The van der Waals surface area contributed by atoms with E-state index in [9.17, 15) is 13.2 Å². The lowest BCUT2D eigenvalue weighted by molar-refractivity contribution is -0.137. The molecule has 4 rings (SSSR count). The summed E-state index contributed by atoms with van der Waals surface area (Å²) < 4.78 is 40.7. The van der Waals surface area contributed by atoms with Gasteiger partial charge in [0.2, 0.25) is 0 Å². The van der Waals surface area contributed by atoms with Crippen molar-refractivity contribution in [2.24, 2.45) is 0 Å². The van der Waals surface area contributed by atoms with Gasteiger partial charge < -0.3 is 5.32 Å². The first-order valence-corrected chi connectivity index (χ1v) is 9.25. The maximum Gasteiger partial charge on any atom is 0.417 e. The number of alkyl halides is 3. The molecule has 0 amide bonds. The molecule has 1 N–H and O–H groups in total. The van der Waals surface area contributed by atoms with Gasteiger partial charge in [0.1, 0.15) is 5.82 Å². The van der Waals surface area contributed by atoms with E-state index in [-0.39, 0.29) is 11.3 Å². The predicted octanol–water partition coefficient (Wildman–Crippen LogP) is 5.57. The van der Waals surface area contributed by atoms with Crippen molar-refractivity contribution in [2.75, 3.05) is 5.32 Å². The second-order valence-electron chi connectivity index (χ2n) is 7.08. The summed E-state index contributed by atoms with van der Waals surface area (Å²) in [4.78, 5) is 8.53. The monoisotopic (exact) mass is 383 g/mol. The summed E-state index contributed by atoms with van der Waals surface area (Å²) in [6.45, 7) is 2.60. The van der Waals surface area contributed by atoms with E-state index in [1.807, 2.05) is 31.2 Å². The lowest BCUT2D eigenvalue weighted by atomic mass is 9.97. The van der Waals surface area contributed by atoms with Crippen LogP contribution in [0.1, 0.15) is 34.2 Å². The van der Waals surface area contributed by atoms with Crippen molar-refractivity contribution in [3.63, 3.8) is 0 Å². The molecule has 1 aromatic heterocycles. The Labute approximate surface area is 161 Å². The molecule has 2 aromatic carbocycles. The number of fused-ring (bicyclic) bond motifs is 1.